The van der Waals surface area contributed by atoms with E-state index in [2.05, 4.69) is 6.58 Å². The first-order valence-corrected chi connectivity index (χ1v) is 5.09. The average Bonchev–Trinajstić information content (AvgIpc) is 2.10. The molecule has 0 fully saturated rings. The Bertz CT molecular complexity index is 197. The van der Waals surface area contributed by atoms with Crippen LogP contribution in [0, 0.1) is 5.92 Å². The van der Waals surface area contributed by atoms with Crippen molar-refractivity contribution in [1.82, 2.24) is 0 Å². The number of aliphatic hydroxyl groups excluding tert-OH is 1. The molecule has 3 nitrogen and oxygen atoms in total. The number of aliphatic carboxylic acids is 1. The first-order chi connectivity index (χ1) is 6.49. The molecule has 3 heteroatoms. The molecular weight excluding hydrogens is 180 g/mol. The molecule has 0 aromatic carbocycles. The van der Waals surface area contributed by atoms with Gasteiger partial charge in [0.1, 0.15) is 0 Å². The average molecular weight is 200 g/mol. The highest BCUT2D eigenvalue weighted by molar-refractivity contribution is 5.86. The third kappa shape index (κ3) is 5.02. The summed E-state index contributed by atoms with van der Waals surface area (Å²) in [5.41, 5.74) is 0.271. The molecule has 0 aliphatic heterocycles. The number of rotatable bonds is 7. The maximum absolute atomic E-state index is 10.7. The molecule has 2 atom stereocenters. The predicted octanol–water partition coefficient (Wildman–Crippen LogP) is 2.20. The predicted molar refractivity (Wildman–Crippen MR) is 56.1 cm³/mol. The number of hydrogen-bond acceptors (Lipinski definition) is 2. The fourth-order valence-electron chi connectivity index (χ4n) is 1.46. The molecular formula is C11H20O3. The Balaban J connectivity index is 4.14. The lowest BCUT2D eigenvalue weighted by atomic mass is 9.90. The standard InChI is InChI=1S/C11H20O3/c1-4-5-10(7-6-8(2)12)9(3)11(13)14/h8,10,12H,3-7H2,1-2H3,(H,13,14). The molecule has 82 valence electrons. The molecule has 0 rings (SSSR count). The summed E-state index contributed by atoms with van der Waals surface area (Å²) in [6.07, 6.45) is 2.75. The van der Waals surface area contributed by atoms with Gasteiger partial charge in [-0.05, 0) is 32.1 Å². The van der Waals surface area contributed by atoms with Gasteiger partial charge in [0, 0.05) is 5.57 Å². The van der Waals surface area contributed by atoms with Crippen LogP contribution in [-0.2, 0) is 4.79 Å². The second-order valence-corrected chi connectivity index (χ2v) is 3.74. The van der Waals surface area contributed by atoms with Gasteiger partial charge < -0.3 is 10.2 Å². The van der Waals surface area contributed by atoms with Crippen LogP contribution in [0.2, 0.25) is 0 Å². The maximum atomic E-state index is 10.7. The Hall–Kier alpha value is -0.830. The number of aliphatic hydroxyl groups is 1. The molecule has 0 amide bonds. The number of carboxylic acids is 1. The van der Waals surface area contributed by atoms with Gasteiger partial charge in [-0.25, -0.2) is 4.79 Å². The van der Waals surface area contributed by atoms with Crippen molar-refractivity contribution in [3.05, 3.63) is 12.2 Å². The summed E-state index contributed by atoms with van der Waals surface area (Å²) < 4.78 is 0. The summed E-state index contributed by atoms with van der Waals surface area (Å²) in [5.74, 6) is -0.916. The molecule has 0 aromatic rings. The normalized spacial score (nSPS) is 14.8. The van der Waals surface area contributed by atoms with Crippen molar-refractivity contribution in [2.45, 2.75) is 45.6 Å². The van der Waals surface area contributed by atoms with Crippen LogP contribution in [0.4, 0.5) is 0 Å². The van der Waals surface area contributed by atoms with Gasteiger partial charge in [-0.1, -0.05) is 19.9 Å². The molecule has 0 saturated carbocycles. The Morgan fingerprint density at radius 3 is 2.29 bits per heavy atom. The summed E-state index contributed by atoms with van der Waals surface area (Å²) in [7, 11) is 0. The molecule has 0 bridgehead atoms. The second-order valence-electron chi connectivity index (χ2n) is 3.74. The number of hydrogen-bond donors (Lipinski definition) is 2. The van der Waals surface area contributed by atoms with E-state index in [9.17, 15) is 4.79 Å². The minimum Gasteiger partial charge on any atom is -0.478 e. The highest BCUT2D eigenvalue weighted by atomic mass is 16.4. The van der Waals surface area contributed by atoms with Gasteiger partial charge in [0.05, 0.1) is 6.10 Å². The van der Waals surface area contributed by atoms with E-state index in [1.54, 1.807) is 6.92 Å². The Labute approximate surface area is 85.4 Å². The second kappa shape index (κ2) is 6.60. The smallest absolute Gasteiger partial charge is 0.331 e. The summed E-state index contributed by atoms with van der Waals surface area (Å²) in [4.78, 5) is 10.7. The minimum absolute atomic E-state index is 0.00657. The lowest BCUT2D eigenvalue weighted by Gasteiger charge is -2.16. The monoisotopic (exact) mass is 200 g/mol. The van der Waals surface area contributed by atoms with Gasteiger partial charge in [0.2, 0.25) is 0 Å². The topological polar surface area (TPSA) is 57.5 Å². The van der Waals surface area contributed by atoms with E-state index < -0.39 is 5.97 Å². The Morgan fingerprint density at radius 2 is 1.93 bits per heavy atom. The van der Waals surface area contributed by atoms with E-state index in [0.29, 0.717) is 12.8 Å². The van der Waals surface area contributed by atoms with Crippen LogP contribution in [0.3, 0.4) is 0 Å². The molecule has 0 spiro atoms. The van der Waals surface area contributed by atoms with Crippen LogP contribution in [0.15, 0.2) is 12.2 Å². The number of carbonyl (C=O) groups is 1. The quantitative estimate of drug-likeness (QED) is 0.619. The van der Waals surface area contributed by atoms with Crippen molar-refractivity contribution in [2.75, 3.05) is 0 Å². The third-order valence-corrected chi connectivity index (χ3v) is 2.34. The molecule has 2 unspecified atom stereocenters. The lowest BCUT2D eigenvalue weighted by Crippen LogP contribution is -2.14. The molecule has 0 aromatic heterocycles. The van der Waals surface area contributed by atoms with Gasteiger partial charge in [0.25, 0.3) is 0 Å². The van der Waals surface area contributed by atoms with Crippen molar-refractivity contribution in [3.63, 3.8) is 0 Å². The van der Waals surface area contributed by atoms with Crippen LogP contribution in [-0.4, -0.2) is 22.3 Å². The minimum atomic E-state index is -0.922. The van der Waals surface area contributed by atoms with E-state index in [0.717, 1.165) is 12.8 Å². The van der Waals surface area contributed by atoms with E-state index in [1.807, 2.05) is 6.92 Å². The molecule has 0 aliphatic rings. The van der Waals surface area contributed by atoms with Gasteiger partial charge in [-0.15, -0.1) is 0 Å². The maximum Gasteiger partial charge on any atom is 0.331 e. The molecule has 0 saturated heterocycles. The Kier molecular flexibility index (Phi) is 6.21. The van der Waals surface area contributed by atoms with Crippen molar-refractivity contribution in [2.24, 2.45) is 5.92 Å². The highest BCUT2D eigenvalue weighted by Gasteiger charge is 2.17. The summed E-state index contributed by atoms with van der Waals surface area (Å²) in [6.45, 7) is 7.30. The van der Waals surface area contributed by atoms with Crippen molar-refractivity contribution in [1.29, 1.82) is 0 Å². The molecule has 0 aliphatic carbocycles. The van der Waals surface area contributed by atoms with Crippen molar-refractivity contribution < 1.29 is 15.0 Å². The largest absolute Gasteiger partial charge is 0.478 e. The molecule has 0 radical (unpaired) electrons. The fourth-order valence-corrected chi connectivity index (χ4v) is 1.46. The number of carboxylic acid groups (broad SMARTS) is 1. The van der Waals surface area contributed by atoms with E-state index in [-0.39, 0.29) is 17.6 Å². The fraction of sp³-hybridized carbons (Fsp3) is 0.727. The molecule has 14 heavy (non-hydrogen) atoms. The van der Waals surface area contributed by atoms with Gasteiger partial charge in [-0.2, -0.15) is 0 Å². The van der Waals surface area contributed by atoms with Gasteiger partial charge in [0.15, 0.2) is 0 Å². The Morgan fingerprint density at radius 1 is 1.36 bits per heavy atom. The zero-order chi connectivity index (χ0) is 11.1. The zero-order valence-electron chi connectivity index (χ0n) is 8.99. The van der Waals surface area contributed by atoms with E-state index >= 15 is 0 Å². The van der Waals surface area contributed by atoms with Crippen LogP contribution < -0.4 is 0 Å². The SMILES string of the molecule is C=C(C(=O)O)C(CCC)CCC(C)O. The van der Waals surface area contributed by atoms with Crippen LogP contribution in [0.1, 0.15) is 39.5 Å². The van der Waals surface area contributed by atoms with Crippen LogP contribution in [0.25, 0.3) is 0 Å². The van der Waals surface area contributed by atoms with Gasteiger partial charge in [-0.3, -0.25) is 0 Å². The lowest BCUT2D eigenvalue weighted by molar-refractivity contribution is -0.133. The van der Waals surface area contributed by atoms with E-state index in [4.69, 9.17) is 10.2 Å². The first-order valence-electron chi connectivity index (χ1n) is 5.09. The molecule has 0 heterocycles. The zero-order valence-corrected chi connectivity index (χ0v) is 8.99. The highest BCUT2D eigenvalue weighted by Crippen LogP contribution is 2.22. The van der Waals surface area contributed by atoms with Crippen LogP contribution >= 0.6 is 0 Å². The molecule has 2 N–H and O–H groups in total. The summed E-state index contributed by atoms with van der Waals surface area (Å²) in [6, 6.07) is 0. The third-order valence-electron chi connectivity index (χ3n) is 2.34. The van der Waals surface area contributed by atoms with E-state index in [1.165, 1.54) is 0 Å². The summed E-state index contributed by atoms with van der Waals surface area (Å²) in [5, 5.41) is 17.9. The van der Waals surface area contributed by atoms with Crippen molar-refractivity contribution >= 4 is 5.97 Å². The van der Waals surface area contributed by atoms with Gasteiger partial charge >= 0.3 is 5.97 Å². The first kappa shape index (κ1) is 13.2. The van der Waals surface area contributed by atoms with Crippen LogP contribution in [0.5, 0.6) is 0 Å². The van der Waals surface area contributed by atoms with Crippen molar-refractivity contribution in [3.8, 4) is 0 Å². The summed E-state index contributed by atoms with van der Waals surface area (Å²) >= 11 is 0.